The third kappa shape index (κ3) is 5.09. The Labute approximate surface area is 342 Å². The van der Waals surface area contributed by atoms with Crippen LogP contribution in [0.3, 0.4) is 0 Å². The Morgan fingerprint density at radius 1 is 0.390 bits per heavy atom. The van der Waals surface area contributed by atoms with E-state index in [-0.39, 0.29) is 5.41 Å². The lowest BCUT2D eigenvalue weighted by Gasteiger charge is -2.22. The largest absolute Gasteiger partial charge is 0.309 e. The summed E-state index contributed by atoms with van der Waals surface area (Å²) >= 11 is 0. The first-order chi connectivity index (χ1) is 29.0. The molecule has 4 nitrogen and oxygen atoms in total. The summed E-state index contributed by atoms with van der Waals surface area (Å²) in [5.41, 5.74) is 17.8. The molecular formula is C55H38N4. The monoisotopic (exact) mass is 754 g/mol. The number of benzene rings is 8. The molecule has 0 aliphatic heterocycles. The molecular weight excluding hydrogens is 717 g/mol. The quantitative estimate of drug-likeness (QED) is 0.175. The molecule has 4 heteroatoms. The number of aromatic nitrogens is 4. The average molecular weight is 755 g/mol. The van der Waals surface area contributed by atoms with Crippen LogP contribution in [0.25, 0.3) is 99.9 Å². The minimum absolute atomic E-state index is 0.0536. The summed E-state index contributed by atoms with van der Waals surface area (Å²) in [4.78, 5) is 10.1. The topological polar surface area (TPSA) is 35.6 Å². The number of rotatable bonds is 5. The molecule has 8 aromatic carbocycles. The lowest BCUT2D eigenvalue weighted by atomic mass is 9.81. The predicted molar refractivity (Wildman–Crippen MR) is 245 cm³/mol. The van der Waals surface area contributed by atoms with Gasteiger partial charge < -0.3 is 4.57 Å². The summed E-state index contributed by atoms with van der Waals surface area (Å²) in [5.74, 6) is 0.652. The maximum absolute atomic E-state index is 5.25. The molecule has 0 atom stereocenters. The van der Waals surface area contributed by atoms with Crippen LogP contribution in [0, 0.1) is 0 Å². The van der Waals surface area contributed by atoms with Crippen molar-refractivity contribution in [1.82, 2.24) is 19.1 Å². The molecule has 0 spiro atoms. The fourth-order valence-electron chi connectivity index (χ4n) is 9.73. The van der Waals surface area contributed by atoms with Gasteiger partial charge in [0.05, 0.1) is 27.8 Å². The summed E-state index contributed by atoms with van der Waals surface area (Å²) in [6.45, 7) is 4.67. The zero-order chi connectivity index (χ0) is 39.2. The molecule has 0 radical (unpaired) electrons. The van der Waals surface area contributed by atoms with Crippen molar-refractivity contribution in [2.45, 2.75) is 19.3 Å². The Bertz CT molecular complexity index is 3480. The van der Waals surface area contributed by atoms with Gasteiger partial charge in [0.25, 0.3) is 0 Å². The van der Waals surface area contributed by atoms with Crippen molar-refractivity contribution < 1.29 is 0 Å². The van der Waals surface area contributed by atoms with Crippen LogP contribution in [0.15, 0.2) is 194 Å². The number of hydrogen-bond donors (Lipinski definition) is 0. The molecule has 1 aliphatic rings. The van der Waals surface area contributed by atoms with Crippen molar-refractivity contribution in [2.75, 3.05) is 0 Å². The van der Waals surface area contributed by atoms with Crippen molar-refractivity contribution in [1.29, 1.82) is 0 Å². The molecule has 0 N–H and O–H groups in total. The van der Waals surface area contributed by atoms with Crippen LogP contribution in [0.1, 0.15) is 25.0 Å². The van der Waals surface area contributed by atoms with Gasteiger partial charge in [-0.2, -0.15) is 0 Å². The minimum atomic E-state index is -0.0536. The Morgan fingerprint density at radius 2 is 0.949 bits per heavy atom. The van der Waals surface area contributed by atoms with Gasteiger partial charge in [-0.15, -0.1) is 0 Å². The average Bonchev–Trinajstić information content (AvgIpc) is 3.89. The Hall–Kier alpha value is -7.56. The van der Waals surface area contributed by atoms with E-state index in [0.29, 0.717) is 5.95 Å². The van der Waals surface area contributed by atoms with E-state index in [1.54, 1.807) is 0 Å². The summed E-state index contributed by atoms with van der Waals surface area (Å²) in [6, 6.07) is 68.1. The van der Waals surface area contributed by atoms with Crippen LogP contribution < -0.4 is 0 Å². The molecule has 0 fully saturated rings. The Kier molecular flexibility index (Phi) is 7.24. The van der Waals surface area contributed by atoms with E-state index in [1.807, 2.05) is 12.3 Å². The third-order valence-corrected chi connectivity index (χ3v) is 12.6. The number of hydrogen-bond acceptors (Lipinski definition) is 2. The fraction of sp³-hybridized carbons (Fsp3) is 0.0545. The highest BCUT2D eigenvalue weighted by Gasteiger charge is 2.35. The molecule has 59 heavy (non-hydrogen) atoms. The molecule has 0 saturated carbocycles. The smallest absolute Gasteiger partial charge is 0.235 e. The molecule has 12 rings (SSSR count). The summed E-state index contributed by atoms with van der Waals surface area (Å²) in [5, 5.41) is 4.83. The first-order valence-electron chi connectivity index (χ1n) is 20.3. The van der Waals surface area contributed by atoms with Crippen LogP contribution in [0.4, 0.5) is 0 Å². The standard InChI is InChI=1S/C55H38N4/c1-55(2)47-20-9-6-17-41(47)42-26-23-38(34-48(42)55)35-13-12-14-39(31-35)49-29-30-56-54(57-49)59-51-22-11-8-19-44(51)46-33-37(25-28-53(46)59)36-24-27-52-45(32-36)43-18-7-10-21-50(43)58(52)40-15-4-3-5-16-40/h3-34H,1-2H3. The van der Waals surface area contributed by atoms with E-state index < -0.39 is 0 Å². The van der Waals surface area contributed by atoms with Gasteiger partial charge in [-0.3, -0.25) is 4.57 Å². The second kappa shape index (κ2) is 12.7. The van der Waals surface area contributed by atoms with Crippen LogP contribution >= 0.6 is 0 Å². The van der Waals surface area contributed by atoms with Gasteiger partial charge in [0, 0.05) is 44.4 Å². The normalized spacial score (nSPS) is 13.1. The summed E-state index contributed by atoms with van der Waals surface area (Å²) in [7, 11) is 0. The molecule has 3 heterocycles. The number of nitrogens with zero attached hydrogens (tertiary/aromatic N) is 4. The number of para-hydroxylation sites is 3. The van der Waals surface area contributed by atoms with Gasteiger partial charge in [-0.25, -0.2) is 9.97 Å². The second-order valence-corrected chi connectivity index (χ2v) is 16.3. The van der Waals surface area contributed by atoms with Crippen LogP contribution in [0.2, 0.25) is 0 Å². The molecule has 3 aromatic heterocycles. The van der Waals surface area contributed by atoms with E-state index in [1.165, 1.54) is 77.1 Å². The highest BCUT2D eigenvalue weighted by Crippen LogP contribution is 2.49. The Balaban J connectivity index is 0.938. The number of fused-ring (bicyclic) bond motifs is 9. The van der Waals surface area contributed by atoms with Crippen molar-refractivity contribution in [3.05, 3.63) is 205 Å². The van der Waals surface area contributed by atoms with Gasteiger partial charge in [-0.1, -0.05) is 135 Å². The van der Waals surface area contributed by atoms with Crippen LogP contribution in [-0.2, 0) is 5.41 Å². The van der Waals surface area contributed by atoms with E-state index in [9.17, 15) is 0 Å². The Morgan fingerprint density at radius 3 is 1.71 bits per heavy atom. The van der Waals surface area contributed by atoms with E-state index in [2.05, 4.69) is 205 Å². The first kappa shape index (κ1) is 33.6. The van der Waals surface area contributed by atoms with Gasteiger partial charge >= 0.3 is 0 Å². The first-order valence-corrected chi connectivity index (χ1v) is 20.3. The highest BCUT2D eigenvalue weighted by molar-refractivity contribution is 6.12. The van der Waals surface area contributed by atoms with Crippen molar-refractivity contribution >= 4 is 43.6 Å². The van der Waals surface area contributed by atoms with E-state index in [4.69, 9.17) is 9.97 Å². The van der Waals surface area contributed by atoms with Crippen molar-refractivity contribution in [2.24, 2.45) is 0 Å². The second-order valence-electron chi connectivity index (χ2n) is 16.3. The SMILES string of the molecule is CC1(C)c2ccccc2-c2ccc(-c3cccc(-c4ccnc(-n5c6ccccc6c6cc(-c7ccc8c(c7)c7ccccc7n8-c7ccccc7)ccc65)n4)c3)cc21. The lowest BCUT2D eigenvalue weighted by molar-refractivity contribution is 0.660. The van der Waals surface area contributed by atoms with Gasteiger partial charge in [0.2, 0.25) is 5.95 Å². The van der Waals surface area contributed by atoms with E-state index >= 15 is 0 Å². The van der Waals surface area contributed by atoms with Gasteiger partial charge in [-0.05, 0) is 111 Å². The molecule has 278 valence electrons. The minimum Gasteiger partial charge on any atom is -0.309 e. The van der Waals surface area contributed by atoms with Crippen LogP contribution in [-0.4, -0.2) is 19.1 Å². The molecule has 0 bridgehead atoms. The van der Waals surface area contributed by atoms with Crippen molar-refractivity contribution in [3.8, 4) is 56.3 Å². The fourth-order valence-corrected chi connectivity index (χ4v) is 9.73. The van der Waals surface area contributed by atoms with Gasteiger partial charge in [0.15, 0.2) is 0 Å². The maximum atomic E-state index is 5.25. The van der Waals surface area contributed by atoms with Crippen molar-refractivity contribution in [3.63, 3.8) is 0 Å². The molecule has 0 saturated heterocycles. The lowest BCUT2D eigenvalue weighted by Crippen LogP contribution is -2.14. The predicted octanol–water partition coefficient (Wildman–Crippen LogP) is 14.0. The highest BCUT2D eigenvalue weighted by atomic mass is 15.2. The maximum Gasteiger partial charge on any atom is 0.235 e. The molecule has 11 aromatic rings. The summed E-state index contributed by atoms with van der Waals surface area (Å²) in [6.07, 6.45) is 1.88. The van der Waals surface area contributed by atoms with E-state index in [0.717, 1.165) is 28.0 Å². The molecule has 0 unspecified atom stereocenters. The molecule has 1 aliphatic carbocycles. The zero-order valence-electron chi connectivity index (χ0n) is 32.8. The third-order valence-electron chi connectivity index (χ3n) is 12.6. The van der Waals surface area contributed by atoms with Crippen LogP contribution in [0.5, 0.6) is 0 Å². The summed E-state index contributed by atoms with van der Waals surface area (Å²) < 4.78 is 4.57. The van der Waals surface area contributed by atoms with Gasteiger partial charge in [0.1, 0.15) is 0 Å². The zero-order valence-corrected chi connectivity index (χ0v) is 32.8. The molecule has 0 amide bonds.